The van der Waals surface area contributed by atoms with Crippen LogP contribution in [0.1, 0.15) is 6.92 Å². The van der Waals surface area contributed by atoms with E-state index in [4.69, 9.17) is 9.47 Å². The molecule has 2 aromatic rings. The first-order valence-corrected chi connectivity index (χ1v) is 6.04. The maximum atomic E-state index is 13.5. The number of esters is 1. The van der Waals surface area contributed by atoms with Crippen molar-refractivity contribution in [2.24, 2.45) is 0 Å². The molecule has 2 aromatic carbocycles. The molecule has 0 unspecified atom stereocenters. The third-order valence-electron chi connectivity index (χ3n) is 2.93. The van der Waals surface area contributed by atoms with Crippen LogP contribution in [0.25, 0.3) is 11.1 Å². The summed E-state index contributed by atoms with van der Waals surface area (Å²) < 4.78 is 23.5. The molecule has 0 fully saturated rings. The summed E-state index contributed by atoms with van der Waals surface area (Å²) in [6.07, 6.45) is 0. The molecule has 0 N–H and O–H groups in total. The second-order valence-corrected chi connectivity index (χ2v) is 4.58. The van der Waals surface area contributed by atoms with Gasteiger partial charge in [-0.25, -0.2) is 9.18 Å². The lowest BCUT2D eigenvalue weighted by Gasteiger charge is -2.05. The predicted molar refractivity (Wildman–Crippen MR) is 72.4 cm³/mol. The summed E-state index contributed by atoms with van der Waals surface area (Å²) in [5.74, 6) is 0.473. The zero-order valence-corrected chi connectivity index (χ0v) is 10.8. The molecule has 1 aliphatic heterocycles. The Labute approximate surface area is 115 Å². The Morgan fingerprint density at radius 1 is 1.20 bits per heavy atom. The zero-order chi connectivity index (χ0) is 14.3. The van der Waals surface area contributed by atoms with Crippen molar-refractivity contribution in [2.75, 3.05) is 0 Å². The summed E-state index contributed by atoms with van der Waals surface area (Å²) >= 11 is 0. The van der Waals surface area contributed by atoms with E-state index in [0.717, 1.165) is 11.1 Å². The highest BCUT2D eigenvalue weighted by molar-refractivity contribution is 5.88. The quantitative estimate of drug-likeness (QED) is 0.311. The summed E-state index contributed by atoms with van der Waals surface area (Å²) in [5.41, 5.74) is 1.87. The van der Waals surface area contributed by atoms with Gasteiger partial charge in [0.2, 0.25) is 5.75 Å². The first-order chi connectivity index (χ1) is 9.54. The molecular weight excluding hydrogens is 259 g/mol. The number of benzene rings is 2. The Balaban J connectivity index is 1.83. The molecule has 0 atom stereocenters. The predicted octanol–water partition coefficient (Wildman–Crippen LogP) is 4.08. The van der Waals surface area contributed by atoms with Gasteiger partial charge in [-0.3, -0.25) is 0 Å². The Bertz CT molecular complexity index is 717. The number of hydrogen-bond acceptors (Lipinski definition) is 3. The van der Waals surface area contributed by atoms with Gasteiger partial charge >= 0.3 is 5.97 Å². The Kier molecular flexibility index (Phi) is 2.79. The largest absolute Gasteiger partial charge is 0.446 e. The molecule has 0 saturated heterocycles. The van der Waals surface area contributed by atoms with Gasteiger partial charge in [0.15, 0.2) is 11.6 Å². The minimum absolute atomic E-state index is 0.320. The van der Waals surface area contributed by atoms with E-state index in [2.05, 4.69) is 6.58 Å². The fourth-order valence-electron chi connectivity index (χ4n) is 1.81. The number of ether oxygens (including phenoxy) is 2. The first-order valence-electron chi connectivity index (χ1n) is 6.04. The molecule has 100 valence electrons. The van der Waals surface area contributed by atoms with E-state index in [-0.39, 0.29) is 5.82 Å². The summed E-state index contributed by atoms with van der Waals surface area (Å²) in [7, 11) is 0. The monoisotopic (exact) mass is 270 g/mol. The number of halogens is 1. The molecule has 0 aromatic heterocycles. The lowest BCUT2D eigenvalue weighted by atomic mass is 10.1. The summed E-state index contributed by atoms with van der Waals surface area (Å²) in [6.45, 7) is 5.09. The maximum absolute atomic E-state index is 13.5. The van der Waals surface area contributed by atoms with Gasteiger partial charge in [-0.1, -0.05) is 18.7 Å². The molecule has 0 saturated carbocycles. The van der Waals surface area contributed by atoms with Crippen LogP contribution in [-0.4, -0.2) is 5.97 Å². The van der Waals surface area contributed by atoms with E-state index in [1.54, 1.807) is 37.3 Å². The third-order valence-corrected chi connectivity index (χ3v) is 2.93. The number of carbonyl (C=O) groups excluding carboxylic acids is 1. The third kappa shape index (κ3) is 2.28. The van der Waals surface area contributed by atoms with E-state index in [0.29, 0.717) is 22.8 Å². The number of carbonyl (C=O) groups is 1. The Morgan fingerprint density at radius 2 is 1.90 bits per heavy atom. The Hall–Kier alpha value is -2.62. The molecule has 0 amide bonds. The van der Waals surface area contributed by atoms with Crippen molar-refractivity contribution < 1.29 is 18.7 Å². The van der Waals surface area contributed by atoms with Gasteiger partial charge in [0.1, 0.15) is 5.75 Å². The highest BCUT2D eigenvalue weighted by Gasteiger charge is 2.26. The van der Waals surface area contributed by atoms with Crippen molar-refractivity contribution in [3.63, 3.8) is 0 Å². The highest BCUT2D eigenvalue weighted by Crippen LogP contribution is 2.49. The van der Waals surface area contributed by atoms with Crippen molar-refractivity contribution in [3.8, 4) is 28.4 Å². The minimum Gasteiger partial charge on any atom is -0.446 e. The van der Waals surface area contributed by atoms with E-state index in [1.165, 1.54) is 6.07 Å². The number of hydrogen-bond donors (Lipinski definition) is 0. The Morgan fingerprint density at radius 3 is 2.50 bits per heavy atom. The number of rotatable bonds is 3. The van der Waals surface area contributed by atoms with Crippen molar-refractivity contribution in [1.29, 1.82) is 0 Å². The number of fused-ring (bicyclic) bond motifs is 1. The van der Waals surface area contributed by atoms with Crippen LogP contribution in [0.3, 0.4) is 0 Å². The van der Waals surface area contributed by atoms with Gasteiger partial charge < -0.3 is 9.47 Å². The fourth-order valence-corrected chi connectivity index (χ4v) is 1.81. The lowest BCUT2D eigenvalue weighted by molar-refractivity contribution is -0.130. The topological polar surface area (TPSA) is 38.8 Å². The van der Waals surface area contributed by atoms with Crippen molar-refractivity contribution in [2.45, 2.75) is 6.92 Å². The van der Waals surface area contributed by atoms with Crippen LogP contribution >= 0.6 is 0 Å². The SMILES string of the molecule is C=C(C)C(=O)Oc1ccc(-c2cc(F)c3c(c2)O3)cc1. The average molecular weight is 270 g/mol. The standard InChI is InChI=1S/C16H11FO3/c1-9(2)16(18)19-12-5-3-10(4-6-12)11-7-13(17)15-14(8-11)20-15/h3-8H,1H2,2H3. The van der Waals surface area contributed by atoms with Crippen LogP contribution in [0.2, 0.25) is 0 Å². The van der Waals surface area contributed by atoms with Gasteiger partial charge in [-0.15, -0.1) is 0 Å². The first kappa shape index (κ1) is 12.4. The van der Waals surface area contributed by atoms with Crippen molar-refractivity contribution in [3.05, 3.63) is 54.4 Å². The molecule has 1 aliphatic rings. The molecule has 3 nitrogen and oxygen atoms in total. The average Bonchev–Trinajstić information content (AvgIpc) is 3.19. The summed E-state index contributed by atoms with van der Waals surface area (Å²) in [5, 5.41) is 0. The van der Waals surface area contributed by atoms with Gasteiger partial charge in [0.05, 0.1) is 0 Å². The second kappa shape index (κ2) is 4.49. The van der Waals surface area contributed by atoms with Crippen LogP contribution in [0, 0.1) is 5.82 Å². The molecule has 0 spiro atoms. The van der Waals surface area contributed by atoms with E-state index >= 15 is 0 Å². The molecule has 20 heavy (non-hydrogen) atoms. The van der Waals surface area contributed by atoms with E-state index in [9.17, 15) is 9.18 Å². The van der Waals surface area contributed by atoms with Gasteiger partial charge in [0, 0.05) is 5.57 Å². The van der Waals surface area contributed by atoms with Crippen LogP contribution in [-0.2, 0) is 4.79 Å². The summed E-state index contributed by atoms with van der Waals surface area (Å²) in [4.78, 5) is 11.4. The van der Waals surface area contributed by atoms with Crippen LogP contribution in [0.15, 0.2) is 48.6 Å². The van der Waals surface area contributed by atoms with Gasteiger partial charge in [-0.2, -0.15) is 0 Å². The van der Waals surface area contributed by atoms with Crippen molar-refractivity contribution in [1.82, 2.24) is 0 Å². The molecular formula is C16H11FO3. The zero-order valence-electron chi connectivity index (χ0n) is 10.8. The van der Waals surface area contributed by atoms with E-state index in [1.807, 2.05) is 0 Å². The van der Waals surface area contributed by atoms with Gasteiger partial charge in [0.25, 0.3) is 0 Å². The molecule has 0 aliphatic carbocycles. The van der Waals surface area contributed by atoms with Gasteiger partial charge in [-0.05, 0) is 42.3 Å². The highest BCUT2D eigenvalue weighted by atomic mass is 19.1. The molecule has 3 rings (SSSR count). The molecule has 0 radical (unpaired) electrons. The van der Waals surface area contributed by atoms with Crippen molar-refractivity contribution >= 4 is 5.97 Å². The minimum atomic E-state index is -0.471. The van der Waals surface area contributed by atoms with E-state index < -0.39 is 5.97 Å². The maximum Gasteiger partial charge on any atom is 0.338 e. The fraction of sp³-hybridized carbons (Fsp3) is 0.0625. The molecule has 0 bridgehead atoms. The molecule has 4 heteroatoms. The van der Waals surface area contributed by atoms with Crippen LogP contribution in [0.4, 0.5) is 4.39 Å². The molecule has 1 heterocycles. The second-order valence-electron chi connectivity index (χ2n) is 4.58. The normalized spacial score (nSPS) is 11.3. The summed E-state index contributed by atoms with van der Waals surface area (Å²) in [6, 6.07) is 10.0. The lowest BCUT2D eigenvalue weighted by Crippen LogP contribution is -2.07. The van der Waals surface area contributed by atoms with Crippen LogP contribution < -0.4 is 9.47 Å². The smallest absolute Gasteiger partial charge is 0.338 e. The van der Waals surface area contributed by atoms with Crippen LogP contribution in [0.5, 0.6) is 17.2 Å².